The molecular weight excluding hydrogens is 665 g/mol. The van der Waals surface area contributed by atoms with Gasteiger partial charge in [-0.1, -0.05) is 43.0 Å². The Hall–Kier alpha value is -5.31. The molecule has 3 heterocycles. The number of alkyl halides is 3. The van der Waals surface area contributed by atoms with Crippen LogP contribution in [0, 0.1) is 6.92 Å². The van der Waals surface area contributed by atoms with Crippen LogP contribution in [0.5, 0.6) is 0 Å². The summed E-state index contributed by atoms with van der Waals surface area (Å²) in [6.07, 6.45) is -4.69. The standard InChI is InChI=1S/C37H37F3N6O5/c1-23(22-44-15-18-51-19-16-44)33(48)41-28-11-7-8-25(21-28)31-30-24(2)43-46(29-12-4-3-5-13-29)35(30)45(14-17-47)36(50)32(31)42-34(49)26-9-6-10-27(20-26)37(38,39)40/h3-13,20-21,31-32,47H,1,14-19,22H2,2H3,(H,41,48)(H,42,49)/t31-,32-/m0/s1. The number of fused-ring (bicyclic) bond motifs is 1. The van der Waals surface area contributed by atoms with E-state index in [1.165, 1.54) is 11.0 Å². The lowest BCUT2D eigenvalue weighted by molar-refractivity contribution is -0.137. The SMILES string of the molecule is C=C(CN1CCOCC1)C(=O)Nc1cccc([C@H]2c3c(C)nn(-c4ccccc4)c3N(CCO)C(=O)[C@H]2NC(=O)c2cccc(C(F)(F)F)c2)c1. The summed E-state index contributed by atoms with van der Waals surface area (Å²) in [4.78, 5) is 44.7. The molecule has 2 atom stereocenters. The lowest BCUT2D eigenvalue weighted by Gasteiger charge is -2.38. The van der Waals surface area contributed by atoms with Gasteiger partial charge in [0.2, 0.25) is 0 Å². The molecule has 4 aromatic rings. The van der Waals surface area contributed by atoms with Gasteiger partial charge in [-0.2, -0.15) is 18.3 Å². The summed E-state index contributed by atoms with van der Waals surface area (Å²) < 4.78 is 47.6. The number of carbonyl (C=O) groups excluding carboxylic acids is 3. The number of nitrogens with one attached hydrogen (secondary N) is 2. The van der Waals surface area contributed by atoms with Gasteiger partial charge in [-0.05, 0) is 55.0 Å². The number of ether oxygens (including phenoxy) is 1. The van der Waals surface area contributed by atoms with Crippen LogP contribution in [0.3, 0.4) is 0 Å². The second-order valence-corrected chi connectivity index (χ2v) is 12.4. The largest absolute Gasteiger partial charge is 0.416 e. The number of halogens is 3. The van der Waals surface area contributed by atoms with Crippen molar-refractivity contribution in [2.75, 3.05) is 56.2 Å². The lowest BCUT2D eigenvalue weighted by atomic mass is 9.80. The van der Waals surface area contributed by atoms with Crippen molar-refractivity contribution in [2.24, 2.45) is 0 Å². The summed E-state index contributed by atoms with van der Waals surface area (Å²) in [5.41, 5.74) is 1.70. The van der Waals surface area contributed by atoms with E-state index in [2.05, 4.69) is 22.1 Å². The number of anilines is 2. The Morgan fingerprint density at radius 3 is 2.45 bits per heavy atom. The van der Waals surface area contributed by atoms with E-state index in [0.717, 1.165) is 18.2 Å². The van der Waals surface area contributed by atoms with Crippen molar-refractivity contribution in [3.63, 3.8) is 0 Å². The number of hydrogen-bond donors (Lipinski definition) is 3. The maximum Gasteiger partial charge on any atom is 0.416 e. The van der Waals surface area contributed by atoms with Gasteiger partial charge in [-0.25, -0.2) is 4.68 Å². The Morgan fingerprint density at radius 2 is 1.75 bits per heavy atom. The maximum atomic E-state index is 14.5. The fourth-order valence-corrected chi connectivity index (χ4v) is 6.49. The van der Waals surface area contributed by atoms with Crippen molar-refractivity contribution < 1.29 is 37.4 Å². The topological polar surface area (TPSA) is 129 Å². The predicted octanol–water partition coefficient (Wildman–Crippen LogP) is 4.30. The molecule has 1 aromatic heterocycles. The molecule has 0 saturated carbocycles. The Morgan fingerprint density at radius 1 is 1.02 bits per heavy atom. The molecule has 0 aliphatic carbocycles. The normalized spacial score (nSPS) is 17.9. The highest BCUT2D eigenvalue weighted by Gasteiger charge is 2.46. The first kappa shape index (κ1) is 35.5. The fraction of sp³-hybridized carbons (Fsp3) is 0.297. The van der Waals surface area contributed by atoms with Gasteiger partial charge in [-0.3, -0.25) is 24.2 Å². The van der Waals surface area contributed by atoms with Gasteiger partial charge in [0, 0.05) is 47.9 Å². The summed E-state index contributed by atoms with van der Waals surface area (Å²) in [7, 11) is 0. The van der Waals surface area contributed by atoms with Crippen LogP contribution in [-0.2, 0) is 20.5 Å². The quantitative estimate of drug-likeness (QED) is 0.211. The van der Waals surface area contributed by atoms with Crippen molar-refractivity contribution in [3.8, 4) is 5.69 Å². The number of aromatic nitrogens is 2. The molecule has 14 heteroatoms. The molecule has 3 aromatic carbocycles. The number of amides is 3. The molecule has 11 nitrogen and oxygen atoms in total. The highest BCUT2D eigenvalue weighted by atomic mass is 19.4. The summed E-state index contributed by atoms with van der Waals surface area (Å²) in [5.74, 6) is -2.42. The van der Waals surface area contributed by atoms with Gasteiger partial charge in [0.05, 0.1) is 43.3 Å². The van der Waals surface area contributed by atoms with Gasteiger partial charge in [0.15, 0.2) is 0 Å². The van der Waals surface area contributed by atoms with Crippen molar-refractivity contribution >= 4 is 29.2 Å². The van der Waals surface area contributed by atoms with Gasteiger partial charge in [0.1, 0.15) is 11.9 Å². The van der Waals surface area contributed by atoms with Crippen molar-refractivity contribution in [1.82, 2.24) is 20.0 Å². The van der Waals surface area contributed by atoms with Crippen LogP contribution in [0.1, 0.15) is 38.7 Å². The molecule has 3 N–H and O–H groups in total. The fourth-order valence-electron chi connectivity index (χ4n) is 6.49. The van der Waals surface area contributed by atoms with Crippen LogP contribution in [0.15, 0.2) is 91.0 Å². The third-order valence-electron chi connectivity index (χ3n) is 8.92. The van der Waals surface area contributed by atoms with Crippen LogP contribution in [-0.4, -0.2) is 89.5 Å². The maximum absolute atomic E-state index is 14.5. The number of β-amino-alcohol motifs (C(OH)–C–C–N with tert-alkyl or cyclic N) is 1. The molecule has 2 aliphatic rings. The Kier molecular flexibility index (Phi) is 10.4. The molecule has 0 unspecified atom stereocenters. The van der Waals surface area contributed by atoms with Crippen molar-refractivity contribution in [2.45, 2.75) is 25.1 Å². The average Bonchev–Trinajstić information content (AvgIpc) is 3.46. The molecule has 51 heavy (non-hydrogen) atoms. The Bertz CT molecular complexity index is 1940. The molecule has 0 spiro atoms. The summed E-state index contributed by atoms with van der Waals surface area (Å²) in [6, 6.07) is 18.5. The number of para-hydroxylation sites is 1. The molecule has 0 radical (unpaired) electrons. The number of carbonyl (C=O) groups is 3. The van der Waals surface area contributed by atoms with Crippen LogP contribution < -0.4 is 15.5 Å². The van der Waals surface area contributed by atoms with Crippen LogP contribution in [0.2, 0.25) is 0 Å². The van der Waals surface area contributed by atoms with Crippen molar-refractivity contribution in [1.29, 1.82) is 0 Å². The van der Waals surface area contributed by atoms with E-state index in [4.69, 9.17) is 9.84 Å². The number of aliphatic hydroxyl groups is 1. The first-order chi connectivity index (χ1) is 24.5. The predicted molar refractivity (Wildman–Crippen MR) is 184 cm³/mol. The van der Waals surface area contributed by atoms with E-state index in [1.807, 2.05) is 30.3 Å². The zero-order valence-corrected chi connectivity index (χ0v) is 27.8. The zero-order chi connectivity index (χ0) is 36.3. The summed E-state index contributed by atoms with van der Waals surface area (Å²) >= 11 is 0. The van der Waals surface area contributed by atoms with Gasteiger partial charge >= 0.3 is 6.18 Å². The van der Waals surface area contributed by atoms with Gasteiger partial charge in [0.25, 0.3) is 17.7 Å². The van der Waals surface area contributed by atoms with E-state index in [-0.39, 0.29) is 12.1 Å². The zero-order valence-electron chi connectivity index (χ0n) is 27.8. The second kappa shape index (κ2) is 14.9. The third kappa shape index (κ3) is 7.58. The second-order valence-electron chi connectivity index (χ2n) is 12.4. The number of hydrogen-bond acceptors (Lipinski definition) is 7. The van der Waals surface area contributed by atoms with E-state index < -0.39 is 48.0 Å². The van der Waals surface area contributed by atoms with E-state index >= 15 is 0 Å². The molecular formula is C37H37F3N6O5. The van der Waals surface area contributed by atoms with Gasteiger partial charge < -0.3 is 20.5 Å². The first-order valence-electron chi connectivity index (χ1n) is 16.4. The van der Waals surface area contributed by atoms with E-state index in [9.17, 15) is 32.7 Å². The lowest BCUT2D eigenvalue weighted by Crippen LogP contribution is -2.56. The smallest absolute Gasteiger partial charge is 0.395 e. The Balaban J connectivity index is 1.41. The first-order valence-corrected chi connectivity index (χ1v) is 16.4. The molecule has 1 saturated heterocycles. The Labute approximate surface area is 292 Å². The molecule has 0 bridgehead atoms. The molecule has 2 aliphatic heterocycles. The minimum atomic E-state index is -4.69. The molecule has 3 amide bonds. The molecule has 266 valence electrons. The highest BCUT2D eigenvalue weighted by Crippen LogP contribution is 2.44. The number of aliphatic hydroxyl groups excluding tert-OH is 1. The van der Waals surface area contributed by atoms with Gasteiger partial charge in [-0.15, -0.1) is 0 Å². The number of benzene rings is 3. The van der Waals surface area contributed by atoms with Crippen molar-refractivity contribution in [3.05, 3.63) is 119 Å². The van der Waals surface area contributed by atoms with Crippen LogP contribution in [0.4, 0.5) is 24.7 Å². The minimum absolute atomic E-state index is 0.145. The number of aryl methyl sites for hydroxylation is 1. The summed E-state index contributed by atoms with van der Waals surface area (Å²) in [6.45, 7) is 8.01. The monoisotopic (exact) mass is 702 g/mol. The summed E-state index contributed by atoms with van der Waals surface area (Å²) in [5, 5.41) is 20.4. The number of nitrogens with zero attached hydrogens (tertiary/aromatic N) is 4. The minimum Gasteiger partial charge on any atom is -0.395 e. The molecule has 1 fully saturated rings. The highest BCUT2D eigenvalue weighted by molar-refractivity contribution is 6.06. The number of morpholine rings is 1. The van der Waals surface area contributed by atoms with E-state index in [1.54, 1.807) is 35.9 Å². The third-order valence-corrected chi connectivity index (χ3v) is 8.92. The van der Waals surface area contributed by atoms with Crippen LogP contribution in [0.25, 0.3) is 5.69 Å². The van der Waals surface area contributed by atoms with E-state index in [0.29, 0.717) is 72.4 Å². The average molecular weight is 703 g/mol. The van der Waals surface area contributed by atoms with Crippen LogP contribution >= 0.6 is 0 Å². The number of rotatable bonds is 10. The molecule has 6 rings (SSSR count).